The Hall–Kier alpha value is -2.67. The van der Waals surface area contributed by atoms with Gasteiger partial charge in [0.2, 0.25) is 0 Å². The van der Waals surface area contributed by atoms with Gasteiger partial charge in [-0.25, -0.2) is 14.8 Å². The molecule has 3 aromatic rings. The molecule has 2 aromatic heterocycles. The predicted molar refractivity (Wildman–Crippen MR) is 94.2 cm³/mol. The van der Waals surface area contributed by atoms with Gasteiger partial charge in [-0.1, -0.05) is 12.1 Å². The second-order valence-electron chi connectivity index (χ2n) is 5.22. The molecule has 0 spiro atoms. The minimum absolute atomic E-state index is 0.125. The van der Waals surface area contributed by atoms with Crippen LogP contribution in [0.5, 0.6) is 5.75 Å². The van der Waals surface area contributed by atoms with Gasteiger partial charge in [-0.15, -0.1) is 11.3 Å². The predicted octanol–water partition coefficient (Wildman–Crippen LogP) is 3.93. The third-order valence-corrected chi connectivity index (χ3v) is 4.69. The number of nitrogens with one attached hydrogen (secondary N) is 1. The van der Waals surface area contributed by atoms with Gasteiger partial charge in [0.25, 0.3) is 0 Å². The highest BCUT2D eigenvalue weighted by molar-refractivity contribution is 7.20. The van der Waals surface area contributed by atoms with Crippen LogP contribution in [0.1, 0.15) is 28.0 Å². The Morgan fingerprint density at radius 3 is 2.75 bits per heavy atom. The van der Waals surface area contributed by atoms with E-state index in [-0.39, 0.29) is 11.7 Å². The molecule has 0 aliphatic carbocycles. The first-order valence-electron chi connectivity index (χ1n) is 7.51. The molecule has 0 fully saturated rings. The number of rotatable bonds is 4. The van der Waals surface area contributed by atoms with E-state index < -0.39 is 0 Å². The van der Waals surface area contributed by atoms with Gasteiger partial charge in [-0.2, -0.15) is 0 Å². The van der Waals surface area contributed by atoms with E-state index >= 15 is 0 Å². The molecule has 3 rings (SSSR count). The lowest BCUT2D eigenvalue weighted by molar-refractivity contribution is 0.0531. The number of hydrogen-bond acceptors (Lipinski definition) is 7. The molecule has 2 heterocycles. The number of aromatic nitrogens is 2. The van der Waals surface area contributed by atoms with E-state index in [0.29, 0.717) is 33.6 Å². The lowest BCUT2D eigenvalue weighted by Crippen LogP contribution is -2.04. The van der Waals surface area contributed by atoms with Crippen LogP contribution in [0.3, 0.4) is 0 Å². The number of carbonyl (C=O) groups is 1. The van der Waals surface area contributed by atoms with Gasteiger partial charge in [-0.05, 0) is 38.5 Å². The van der Waals surface area contributed by atoms with Gasteiger partial charge in [0, 0.05) is 0 Å². The van der Waals surface area contributed by atoms with Crippen molar-refractivity contribution in [2.45, 2.75) is 20.8 Å². The van der Waals surface area contributed by atoms with E-state index in [1.807, 2.05) is 13.0 Å². The van der Waals surface area contributed by atoms with E-state index in [1.54, 1.807) is 32.0 Å². The first-order valence-corrected chi connectivity index (χ1v) is 8.32. The van der Waals surface area contributed by atoms with E-state index in [0.717, 1.165) is 10.9 Å². The summed E-state index contributed by atoms with van der Waals surface area (Å²) in [6, 6.07) is 6.92. The summed E-state index contributed by atoms with van der Waals surface area (Å²) in [6.45, 7) is 5.73. The van der Waals surface area contributed by atoms with Crippen molar-refractivity contribution in [1.82, 2.24) is 9.97 Å². The molecule has 124 valence electrons. The van der Waals surface area contributed by atoms with Crippen molar-refractivity contribution < 1.29 is 14.6 Å². The van der Waals surface area contributed by atoms with Crippen molar-refractivity contribution in [1.29, 1.82) is 0 Å². The summed E-state index contributed by atoms with van der Waals surface area (Å²) < 4.78 is 5.11. The normalized spacial score (nSPS) is 10.8. The van der Waals surface area contributed by atoms with Crippen molar-refractivity contribution >= 4 is 39.0 Å². The van der Waals surface area contributed by atoms with Gasteiger partial charge in [0.1, 0.15) is 27.1 Å². The summed E-state index contributed by atoms with van der Waals surface area (Å²) in [5.41, 5.74) is 1.31. The van der Waals surface area contributed by atoms with Crippen LogP contribution in [-0.4, -0.2) is 27.7 Å². The van der Waals surface area contributed by atoms with Crippen LogP contribution in [0.25, 0.3) is 10.2 Å². The maximum absolute atomic E-state index is 12.1. The summed E-state index contributed by atoms with van der Waals surface area (Å²) in [4.78, 5) is 22.2. The second kappa shape index (κ2) is 6.45. The first kappa shape index (κ1) is 16.2. The molecule has 0 bridgehead atoms. The number of phenolic OH excluding ortho intramolecular Hbond substituents is 1. The summed E-state index contributed by atoms with van der Waals surface area (Å²) in [6.07, 6.45) is 0. The highest BCUT2D eigenvalue weighted by atomic mass is 32.1. The second-order valence-corrected chi connectivity index (χ2v) is 6.22. The average Bonchev–Trinajstić information content (AvgIpc) is 2.86. The number of hydrogen-bond donors (Lipinski definition) is 2. The smallest absolute Gasteiger partial charge is 0.348 e. The van der Waals surface area contributed by atoms with Crippen molar-refractivity contribution in [2.24, 2.45) is 0 Å². The molecule has 7 heteroatoms. The molecule has 6 nitrogen and oxygen atoms in total. The maximum atomic E-state index is 12.1. The summed E-state index contributed by atoms with van der Waals surface area (Å²) in [5, 5.41) is 13.9. The zero-order valence-corrected chi connectivity index (χ0v) is 14.4. The molecule has 0 amide bonds. The number of anilines is 2. The standard InChI is InChI=1S/C17H17N3O3S/c1-4-23-17(22)14-9(2)13-15(18-10(3)19-16(13)24-14)20-11-7-5-6-8-12(11)21/h5-8,21H,4H2,1-3H3,(H,18,19,20). The molecule has 0 aliphatic rings. The number of carbonyl (C=O) groups excluding carboxylic acids is 1. The monoisotopic (exact) mass is 343 g/mol. The number of fused-ring (bicyclic) bond motifs is 1. The first-order chi connectivity index (χ1) is 11.5. The van der Waals surface area contributed by atoms with Gasteiger partial charge >= 0.3 is 5.97 Å². The molecule has 1 aromatic carbocycles. The number of aryl methyl sites for hydroxylation is 2. The number of aromatic hydroxyl groups is 1. The number of nitrogens with zero attached hydrogens (tertiary/aromatic N) is 2. The Balaban J connectivity index is 2.14. The van der Waals surface area contributed by atoms with Crippen LogP contribution in [0.15, 0.2) is 24.3 Å². The lowest BCUT2D eigenvalue weighted by atomic mass is 10.2. The third kappa shape index (κ3) is 2.90. The Morgan fingerprint density at radius 1 is 1.29 bits per heavy atom. The van der Waals surface area contributed by atoms with Gasteiger partial charge in [0.15, 0.2) is 0 Å². The lowest BCUT2D eigenvalue weighted by Gasteiger charge is -2.10. The van der Waals surface area contributed by atoms with Gasteiger partial charge in [0.05, 0.1) is 17.7 Å². The number of phenols is 1. The van der Waals surface area contributed by atoms with Gasteiger partial charge < -0.3 is 15.2 Å². The molecule has 0 saturated heterocycles. The molecule has 0 unspecified atom stereocenters. The van der Waals surface area contributed by atoms with Crippen LogP contribution in [0, 0.1) is 13.8 Å². The highest BCUT2D eigenvalue weighted by Gasteiger charge is 2.21. The molecule has 0 aliphatic heterocycles. The largest absolute Gasteiger partial charge is 0.506 e. The van der Waals surface area contributed by atoms with Gasteiger partial charge in [-0.3, -0.25) is 0 Å². The van der Waals surface area contributed by atoms with Crippen molar-refractivity contribution in [2.75, 3.05) is 11.9 Å². The zero-order valence-electron chi connectivity index (χ0n) is 13.6. The molecule has 0 saturated carbocycles. The van der Waals surface area contributed by atoms with Crippen LogP contribution < -0.4 is 5.32 Å². The molecular weight excluding hydrogens is 326 g/mol. The fourth-order valence-corrected chi connectivity index (χ4v) is 3.55. The van der Waals surface area contributed by atoms with Crippen molar-refractivity contribution in [3.63, 3.8) is 0 Å². The summed E-state index contributed by atoms with van der Waals surface area (Å²) >= 11 is 1.29. The van der Waals surface area contributed by atoms with E-state index in [1.165, 1.54) is 11.3 Å². The number of esters is 1. The number of ether oxygens (including phenoxy) is 1. The van der Waals surface area contributed by atoms with Crippen LogP contribution >= 0.6 is 11.3 Å². The summed E-state index contributed by atoms with van der Waals surface area (Å²) in [7, 11) is 0. The fourth-order valence-electron chi connectivity index (χ4n) is 2.43. The Morgan fingerprint density at radius 2 is 2.04 bits per heavy atom. The van der Waals surface area contributed by atoms with Crippen LogP contribution in [-0.2, 0) is 4.74 Å². The van der Waals surface area contributed by atoms with Crippen LogP contribution in [0.4, 0.5) is 11.5 Å². The molecule has 0 atom stereocenters. The highest BCUT2D eigenvalue weighted by Crippen LogP contribution is 2.36. The average molecular weight is 343 g/mol. The minimum atomic E-state index is -0.357. The number of para-hydroxylation sites is 2. The number of thiophene rings is 1. The van der Waals surface area contributed by atoms with Crippen molar-refractivity contribution in [3.05, 3.63) is 40.5 Å². The van der Waals surface area contributed by atoms with Crippen molar-refractivity contribution in [3.8, 4) is 5.75 Å². The SMILES string of the molecule is CCOC(=O)c1sc2nc(C)nc(Nc3ccccc3O)c2c1C. The Kier molecular flexibility index (Phi) is 4.35. The maximum Gasteiger partial charge on any atom is 0.348 e. The molecule has 2 N–H and O–H groups in total. The molecular formula is C17H17N3O3S. The van der Waals surface area contributed by atoms with E-state index in [2.05, 4.69) is 15.3 Å². The minimum Gasteiger partial charge on any atom is -0.506 e. The topological polar surface area (TPSA) is 84.3 Å². The van der Waals surface area contributed by atoms with Crippen LogP contribution in [0.2, 0.25) is 0 Å². The molecule has 0 radical (unpaired) electrons. The Labute approximate surface area is 143 Å². The Bertz CT molecular complexity index is 921. The third-order valence-electron chi connectivity index (χ3n) is 3.52. The number of benzene rings is 1. The molecule has 24 heavy (non-hydrogen) atoms. The quantitative estimate of drug-likeness (QED) is 0.551. The zero-order chi connectivity index (χ0) is 17.3. The van der Waals surface area contributed by atoms with E-state index in [4.69, 9.17) is 4.74 Å². The summed E-state index contributed by atoms with van der Waals surface area (Å²) in [5.74, 6) is 0.907. The van der Waals surface area contributed by atoms with E-state index in [9.17, 15) is 9.90 Å². The fraction of sp³-hybridized carbons (Fsp3) is 0.235.